The number of rotatable bonds is 4. The molecule has 1 aromatic heterocycles. The highest BCUT2D eigenvalue weighted by molar-refractivity contribution is 7.99. The van der Waals surface area contributed by atoms with Gasteiger partial charge in [-0.15, -0.1) is 5.10 Å². The van der Waals surface area contributed by atoms with Crippen molar-refractivity contribution in [1.82, 2.24) is 30.9 Å². The molecule has 0 atom stereocenters. The molecular weight excluding hydrogens is 334 g/mol. The molecule has 1 saturated carbocycles. The number of anilines is 1. The second kappa shape index (κ2) is 6.30. The number of carbonyl (C=O) groups is 3. The summed E-state index contributed by atoms with van der Waals surface area (Å²) in [5.74, 6) is -0.235. The fourth-order valence-electron chi connectivity index (χ4n) is 2.93. The summed E-state index contributed by atoms with van der Waals surface area (Å²) in [6.07, 6.45) is 2.93. The molecular formula is C13H19N7O3S. The number of imide groups is 1. The van der Waals surface area contributed by atoms with Crippen LogP contribution in [0.1, 0.15) is 32.6 Å². The first-order valence-electron chi connectivity index (χ1n) is 7.66. The molecule has 1 spiro atoms. The van der Waals surface area contributed by atoms with E-state index in [0.29, 0.717) is 23.9 Å². The van der Waals surface area contributed by atoms with Gasteiger partial charge in [-0.05, 0) is 31.6 Å². The normalized spacial score (nSPS) is 26.7. The van der Waals surface area contributed by atoms with Crippen LogP contribution in [0.15, 0.2) is 5.16 Å². The first-order valence-corrected chi connectivity index (χ1v) is 8.65. The van der Waals surface area contributed by atoms with E-state index in [9.17, 15) is 14.4 Å². The first-order chi connectivity index (χ1) is 11.4. The largest absolute Gasteiger partial charge is 0.368 e. The van der Waals surface area contributed by atoms with Crippen molar-refractivity contribution in [2.75, 3.05) is 11.5 Å². The topological polar surface area (TPSA) is 146 Å². The molecule has 0 radical (unpaired) electrons. The molecule has 5 N–H and O–H groups in total. The maximum absolute atomic E-state index is 12.6. The van der Waals surface area contributed by atoms with Gasteiger partial charge in [0.05, 0.1) is 5.75 Å². The summed E-state index contributed by atoms with van der Waals surface area (Å²) in [6.45, 7) is 2.13. The molecule has 1 saturated heterocycles. The number of hydrazine groups is 1. The Morgan fingerprint density at radius 3 is 2.79 bits per heavy atom. The maximum Gasteiger partial charge on any atom is 0.344 e. The van der Waals surface area contributed by atoms with Gasteiger partial charge in [-0.2, -0.15) is 9.99 Å². The lowest BCUT2D eigenvalue weighted by Gasteiger charge is -2.33. The molecule has 1 aliphatic carbocycles. The predicted molar refractivity (Wildman–Crippen MR) is 85.4 cm³/mol. The Bertz CT molecular complexity index is 668. The van der Waals surface area contributed by atoms with Gasteiger partial charge in [0, 0.05) is 0 Å². The van der Waals surface area contributed by atoms with Crippen LogP contribution < -0.4 is 16.5 Å². The Balaban J connectivity index is 1.57. The highest BCUT2D eigenvalue weighted by Crippen LogP contribution is 2.35. The van der Waals surface area contributed by atoms with Gasteiger partial charge in [0.15, 0.2) is 0 Å². The summed E-state index contributed by atoms with van der Waals surface area (Å²) in [5.41, 5.74) is 6.87. The van der Waals surface area contributed by atoms with Gasteiger partial charge in [-0.3, -0.25) is 15.0 Å². The average Bonchev–Trinajstić information content (AvgIpc) is 3.06. The standard InChI is InChI=1S/C13H19N7O3S/c1-7-2-4-13(5-3-7)9(22)20(12(23)16-13)19-8(21)6-24-11-15-10(14)17-18-11/h7H,2-6H2,1H3,(H,16,23)(H,19,21)(H3,14,15,17,18). The molecule has 0 bridgehead atoms. The lowest BCUT2D eigenvalue weighted by atomic mass is 9.77. The van der Waals surface area contributed by atoms with E-state index in [1.807, 2.05) is 0 Å². The number of nitrogens with one attached hydrogen (secondary N) is 3. The van der Waals surface area contributed by atoms with Crippen LogP contribution in [0.4, 0.5) is 10.7 Å². The van der Waals surface area contributed by atoms with E-state index >= 15 is 0 Å². The minimum atomic E-state index is -0.873. The summed E-state index contributed by atoms with van der Waals surface area (Å²) < 4.78 is 0. The maximum atomic E-state index is 12.6. The van der Waals surface area contributed by atoms with Crippen LogP contribution in [0.3, 0.4) is 0 Å². The van der Waals surface area contributed by atoms with E-state index in [-0.39, 0.29) is 17.6 Å². The van der Waals surface area contributed by atoms with Gasteiger partial charge in [0.2, 0.25) is 17.0 Å². The number of amides is 4. The lowest BCUT2D eigenvalue weighted by molar-refractivity contribution is -0.139. The zero-order chi connectivity index (χ0) is 17.3. The van der Waals surface area contributed by atoms with Crippen molar-refractivity contribution in [3.8, 4) is 0 Å². The van der Waals surface area contributed by atoms with E-state index in [2.05, 4.69) is 32.8 Å². The highest BCUT2D eigenvalue weighted by Gasteiger charge is 2.52. The van der Waals surface area contributed by atoms with Crippen LogP contribution in [-0.4, -0.2) is 49.3 Å². The van der Waals surface area contributed by atoms with E-state index in [1.54, 1.807) is 0 Å². The van der Waals surface area contributed by atoms with Gasteiger partial charge in [0.1, 0.15) is 5.54 Å². The van der Waals surface area contributed by atoms with Crippen molar-refractivity contribution in [3.05, 3.63) is 0 Å². The summed E-state index contributed by atoms with van der Waals surface area (Å²) >= 11 is 1.05. The smallest absolute Gasteiger partial charge is 0.344 e. The lowest BCUT2D eigenvalue weighted by Crippen LogP contribution is -2.51. The predicted octanol–water partition coefficient (Wildman–Crippen LogP) is 0.0109. The summed E-state index contributed by atoms with van der Waals surface area (Å²) in [7, 11) is 0. The second-order valence-electron chi connectivity index (χ2n) is 6.16. The zero-order valence-electron chi connectivity index (χ0n) is 13.2. The molecule has 0 unspecified atom stereocenters. The van der Waals surface area contributed by atoms with Crippen LogP contribution in [0.5, 0.6) is 0 Å². The second-order valence-corrected chi connectivity index (χ2v) is 7.10. The minimum Gasteiger partial charge on any atom is -0.368 e. The van der Waals surface area contributed by atoms with Gasteiger partial charge in [0.25, 0.3) is 5.91 Å². The van der Waals surface area contributed by atoms with Gasteiger partial charge in [-0.1, -0.05) is 18.7 Å². The Hall–Kier alpha value is -2.30. The van der Waals surface area contributed by atoms with Crippen LogP contribution >= 0.6 is 11.8 Å². The molecule has 130 valence electrons. The number of hydrogen-bond donors (Lipinski definition) is 4. The fourth-order valence-corrected chi connectivity index (χ4v) is 3.52. The molecule has 24 heavy (non-hydrogen) atoms. The quantitative estimate of drug-likeness (QED) is 0.440. The third-order valence-electron chi connectivity index (χ3n) is 4.34. The average molecular weight is 353 g/mol. The summed E-state index contributed by atoms with van der Waals surface area (Å²) in [4.78, 5) is 40.5. The number of nitrogens with zero attached hydrogens (tertiary/aromatic N) is 3. The van der Waals surface area contributed by atoms with Crippen molar-refractivity contribution in [2.45, 2.75) is 43.3 Å². The molecule has 1 aromatic rings. The first kappa shape index (κ1) is 16.6. The molecule has 3 rings (SSSR count). The number of urea groups is 1. The number of nitrogen functional groups attached to an aromatic ring is 1. The monoisotopic (exact) mass is 353 g/mol. The Kier molecular flexibility index (Phi) is 4.35. The number of thioether (sulfide) groups is 1. The number of aromatic nitrogens is 3. The van der Waals surface area contributed by atoms with Crippen LogP contribution in [0, 0.1) is 5.92 Å². The third kappa shape index (κ3) is 3.16. The molecule has 10 nitrogen and oxygen atoms in total. The Morgan fingerprint density at radius 1 is 1.46 bits per heavy atom. The molecule has 0 aromatic carbocycles. The van der Waals surface area contributed by atoms with Gasteiger partial charge < -0.3 is 11.1 Å². The number of H-pyrrole nitrogens is 1. The zero-order valence-corrected chi connectivity index (χ0v) is 14.0. The molecule has 2 heterocycles. The van der Waals surface area contributed by atoms with Gasteiger partial charge >= 0.3 is 6.03 Å². The molecule has 11 heteroatoms. The summed E-state index contributed by atoms with van der Waals surface area (Å²) in [6, 6.07) is -0.588. The summed E-state index contributed by atoms with van der Waals surface area (Å²) in [5, 5.41) is 10.1. The Labute approximate surface area is 142 Å². The highest BCUT2D eigenvalue weighted by atomic mass is 32.2. The number of nitrogens with two attached hydrogens (primary N) is 1. The molecule has 1 aliphatic heterocycles. The fraction of sp³-hybridized carbons (Fsp3) is 0.615. The van der Waals surface area contributed by atoms with E-state index < -0.39 is 17.5 Å². The van der Waals surface area contributed by atoms with Crippen LogP contribution in [0.2, 0.25) is 0 Å². The third-order valence-corrected chi connectivity index (χ3v) is 5.19. The van der Waals surface area contributed by atoms with Crippen molar-refractivity contribution in [3.63, 3.8) is 0 Å². The van der Waals surface area contributed by atoms with Crippen molar-refractivity contribution >= 4 is 35.6 Å². The van der Waals surface area contributed by atoms with Crippen molar-refractivity contribution in [2.24, 2.45) is 5.92 Å². The minimum absolute atomic E-state index is 0.0433. The Morgan fingerprint density at radius 2 is 2.17 bits per heavy atom. The number of aromatic amines is 1. The van der Waals surface area contributed by atoms with E-state index in [0.717, 1.165) is 29.6 Å². The molecule has 2 fully saturated rings. The van der Waals surface area contributed by atoms with Gasteiger partial charge in [-0.25, -0.2) is 9.89 Å². The van der Waals surface area contributed by atoms with E-state index in [4.69, 9.17) is 5.73 Å². The number of carbonyl (C=O) groups excluding carboxylic acids is 3. The molecule has 2 aliphatic rings. The van der Waals surface area contributed by atoms with E-state index in [1.165, 1.54) is 0 Å². The molecule has 4 amide bonds. The van der Waals surface area contributed by atoms with Crippen molar-refractivity contribution in [1.29, 1.82) is 0 Å². The van der Waals surface area contributed by atoms with Crippen molar-refractivity contribution < 1.29 is 14.4 Å². The van der Waals surface area contributed by atoms with Crippen LogP contribution in [0.25, 0.3) is 0 Å². The SMILES string of the molecule is CC1CCC2(CC1)NC(=O)N(NC(=O)CSc1n[nH]c(N)n1)C2=O. The number of hydrogen-bond acceptors (Lipinski definition) is 7. The van der Waals surface area contributed by atoms with Crippen LogP contribution in [-0.2, 0) is 9.59 Å².